The predicted molar refractivity (Wildman–Crippen MR) is 79.2 cm³/mol. The van der Waals surface area contributed by atoms with E-state index in [2.05, 4.69) is 5.32 Å². The number of hydrogen-bond acceptors (Lipinski definition) is 5. The first-order valence-corrected chi connectivity index (χ1v) is 6.69. The van der Waals surface area contributed by atoms with Crippen molar-refractivity contribution in [1.82, 2.24) is 5.32 Å². The molecule has 0 fully saturated rings. The molecule has 21 heavy (non-hydrogen) atoms. The molecule has 0 amide bonds. The average Bonchev–Trinajstić information content (AvgIpc) is 2.45. The highest BCUT2D eigenvalue weighted by Crippen LogP contribution is 2.34. The second-order valence-electron chi connectivity index (χ2n) is 4.96. The maximum Gasteiger partial charge on any atom is 0.320 e. The highest BCUT2D eigenvalue weighted by molar-refractivity contribution is 5.73. The predicted octanol–water partition coefficient (Wildman–Crippen LogP) is 1.91. The second-order valence-corrected chi connectivity index (χ2v) is 4.96. The van der Waals surface area contributed by atoms with Crippen molar-refractivity contribution in [2.75, 3.05) is 21.3 Å². The fraction of sp³-hybridized carbons (Fsp3) is 0.533. The number of carboxylic acids is 1. The number of rotatable bonds is 8. The zero-order valence-corrected chi connectivity index (χ0v) is 13.1. The third kappa shape index (κ3) is 4.26. The standard InChI is InChI=1S/C15H23NO5/c1-9(2)14(15(17)18)16-8-10-6-12(20-4)13(21-5)7-11(10)19-3/h6-7,9,14,16H,8H2,1-5H3,(H,17,18)/t14-/m0/s1. The molecule has 0 saturated heterocycles. The topological polar surface area (TPSA) is 77.0 Å². The lowest BCUT2D eigenvalue weighted by atomic mass is 10.0. The van der Waals surface area contributed by atoms with Crippen LogP contribution in [-0.2, 0) is 11.3 Å². The van der Waals surface area contributed by atoms with Crippen molar-refractivity contribution in [3.05, 3.63) is 17.7 Å². The Labute approximate surface area is 125 Å². The molecule has 0 radical (unpaired) electrons. The van der Waals surface area contributed by atoms with E-state index in [1.165, 1.54) is 0 Å². The van der Waals surface area contributed by atoms with Crippen LogP contribution in [0.3, 0.4) is 0 Å². The van der Waals surface area contributed by atoms with E-state index in [1.807, 2.05) is 13.8 Å². The van der Waals surface area contributed by atoms with Crippen LogP contribution in [0.4, 0.5) is 0 Å². The van der Waals surface area contributed by atoms with Gasteiger partial charge in [0.2, 0.25) is 0 Å². The lowest BCUT2D eigenvalue weighted by Crippen LogP contribution is -2.40. The zero-order chi connectivity index (χ0) is 16.0. The SMILES string of the molecule is COc1cc(OC)c(OC)cc1CN[C@H](C(=O)O)C(C)C. The largest absolute Gasteiger partial charge is 0.496 e. The van der Waals surface area contributed by atoms with Gasteiger partial charge in [0.05, 0.1) is 21.3 Å². The lowest BCUT2D eigenvalue weighted by molar-refractivity contribution is -0.140. The molecular weight excluding hydrogens is 274 g/mol. The van der Waals surface area contributed by atoms with Gasteiger partial charge in [-0.15, -0.1) is 0 Å². The minimum Gasteiger partial charge on any atom is -0.496 e. The summed E-state index contributed by atoms with van der Waals surface area (Å²) in [5, 5.41) is 12.2. The van der Waals surface area contributed by atoms with Gasteiger partial charge in [-0.05, 0) is 12.0 Å². The van der Waals surface area contributed by atoms with E-state index in [-0.39, 0.29) is 5.92 Å². The molecule has 6 heteroatoms. The van der Waals surface area contributed by atoms with Crippen molar-refractivity contribution in [2.24, 2.45) is 5.92 Å². The average molecular weight is 297 g/mol. The Bertz CT molecular complexity index is 487. The fourth-order valence-electron chi connectivity index (χ4n) is 2.06. The molecule has 118 valence electrons. The minimum atomic E-state index is -0.871. The Morgan fingerprint density at radius 3 is 2.05 bits per heavy atom. The first kappa shape index (κ1) is 17.1. The first-order valence-electron chi connectivity index (χ1n) is 6.69. The molecule has 0 aliphatic heterocycles. The van der Waals surface area contributed by atoms with Crippen molar-refractivity contribution >= 4 is 5.97 Å². The van der Waals surface area contributed by atoms with E-state index in [0.29, 0.717) is 23.8 Å². The Kier molecular flexibility index (Phi) is 6.30. The van der Waals surface area contributed by atoms with Gasteiger partial charge >= 0.3 is 5.97 Å². The van der Waals surface area contributed by atoms with Gasteiger partial charge in [-0.3, -0.25) is 10.1 Å². The molecule has 2 N–H and O–H groups in total. The van der Waals surface area contributed by atoms with Gasteiger partial charge in [-0.2, -0.15) is 0 Å². The minimum absolute atomic E-state index is 0.0198. The summed E-state index contributed by atoms with van der Waals surface area (Å²) in [7, 11) is 4.66. The van der Waals surface area contributed by atoms with Gasteiger partial charge in [-0.25, -0.2) is 0 Å². The van der Waals surface area contributed by atoms with Crippen LogP contribution in [-0.4, -0.2) is 38.4 Å². The van der Waals surface area contributed by atoms with E-state index < -0.39 is 12.0 Å². The molecule has 1 aromatic carbocycles. The Hall–Kier alpha value is -1.95. The maximum atomic E-state index is 11.2. The van der Waals surface area contributed by atoms with E-state index in [4.69, 9.17) is 14.2 Å². The third-order valence-electron chi connectivity index (χ3n) is 3.23. The van der Waals surface area contributed by atoms with Crippen LogP contribution < -0.4 is 19.5 Å². The number of ether oxygens (including phenoxy) is 3. The van der Waals surface area contributed by atoms with E-state index in [0.717, 1.165) is 5.56 Å². The number of hydrogen-bond donors (Lipinski definition) is 2. The molecule has 0 unspecified atom stereocenters. The highest BCUT2D eigenvalue weighted by Gasteiger charge is 2.21. The first-order chi connectivity index (χ1) is 9.94. The molecule has 0 saturated carbocycles. The molecule has 1 atom stereocenters. The van der Waals surface area contributed by atoms with E-state index in [1.54, 1.807) is 33.5 Å². The normalized spacial score (nSPS) is 12.1. The molecule has 0 heterocycles. The number of carbonyl (C=O) groups is 1. The van der Waals surface area contributed by atoms with Crippen LogP contribution in [0.2, 0.25) is 0 Å². The molecule has 0 aliphatic carbocycles. The van der Waals surface area contributed by atoms with Crippen LogP contribution in [0.25, 0.3) is 0 Å². The summed E-state index contributed by atoms with van der Waals surface area (Å²) in [6.45, 7) is 4.08. The highest BCUT2D eigenvalue weighted by atomic mass is 16.5. The van der Waals surface area contributed by atoms with Crippen molar-refractivity contribution < 1.29 is 24.1 Å². The molecule has 6 nitrogen and oxygen atoms in total. The van der Waals surface area contributed by atoms with Crippen molar-refractivity contribution in [2.45, 2.75) is 26.4 Å². The molecule has 1 rings (SSSR count). The lowest BCUT2D eigenvalue weighted by Gasteiger charge is -2.20. The summed E-state index contributed by atoms with van der Waals surface area (Å²) in [5.74, 6) is 0.870. The molecule has 0 bridgehead atoms. The van der Waals surface area contributed by atoms with Gasteiger partial charge in [0.25, 0.3) is 0 Å². The smallest absolute Gasteiger partial charge is 0.320 e. The summed E-state index contributed by atoms with van der Waals surface area (Å²) >= 11 is 0. The maximum absolute atomic E-state index is 11.2. The summed E-state index contributed by atoms with van der Waals surface area (Å²) in [5.41, 5.74) is 0.807. The molecule has 0 aromatic heterocycles. The molecular formula is C15H23NO5. The summed E-state index contributed by atoms with van der Waals surface area (Å²) in [4.78, 5) is 11.2. The van der Waals surface area contributed by atoms with Gasteiger partial charge in [0.15, 0.2) is 11.5 Å². The number of carboxylic acid groups (broad SMARTS) is 1. The van der Waals surface area contributed by atoms with Crippen LogP contribution in [0.1, 0.15) is 19.4 Å². The van der Waals surface area contributed by atoms with Crippen LogP contribution in [0, 0.1) is 5.92 Å². The van der Waals surface area contributed by atoms with Gasteiger partial charge < -0.3 is 19.3 Å². The monoisotopic (exact) mass is 297 g/mol. The van der Waals surface area contributed by atoms with E-state index >= 15 is 0 Å². The van der Waals surface area contributed by atoms with Crippen LogP contribution in [0.15, 0.2) is 12.1 Å². The number of methoxy groups -OCH3 is 3. The van der Waals surface area contributed by atoms with Crippen molar-refractivity contribution in [1.29, 1.82) is 0 Å². The number of nitrogens with one attached hydrogen (secondary N) is 1. The zero-order valence-electron chi connectivity index (χ0n) is 13.1. The number of benzene rings is 1. The summed E-state index contributed by atoms with van der Waals surface area (Å²) < 4.78 is 15.8. The van der Waals surface area contributed by atoms with Crippen LogP contribution >= 0.6 is 0 Å². The quantitative estimate of drug-likeness (QED) is 0.763. The third-order valence-corrected chi connectivity index (χ3v) is 3.23. The Morgan fingerprint density at radius 1 is 1.10 bits per heavy atom. The van der Waals surface area contributed by atoms with Gasteiger partial charge in [0.1, 0.15) is 11.8 Å². The van der Waals surface area contributed by atoms with Crippen LogP contribution in [0.5, 0.6) is 17.2 Å². The summed E-state index contributed by atoms with van der Waals surface area (Å²) in [6.07, 6.45) is 0. The molecule has 1 aromatic rings. The van der Waals surface area contributed by atoms with Crippen molar-refractivity contribution in [3.8, 4) is 17.2 Å². The fourth-order valence-corrected chi connectivity index (χ4v) is 2.06. The van der Waals surface area contributed by atoms with E-state index in [9.17, 15) is 9.90 Å². The summed E-state index contributed by atoms with van der Waals surface area (Å²) in [6, 6.07) is 2.88. The second kappa shape index (κ2) is 7.73. The van der Waals surface area contributed by atoms with Gasteiger partial charge in [0, 0.05) is 18.2 Å². The Morgan fingerprint density at radius 2 is 1.62 bits per heavy atom. The number of aliphatic carboxylic acids is 1. The Balaban J connectivity index is 2.98. The molecule has 0 aliphatic rings. The van der Waals surface area contributed by atoms with Crippen molar-refractivity contribution in [3.63, 3.8) is 0 Å². The molecule has 0 spiro atoms. The van der Waals surface area contributed by atoms with Gasteiger partial charge in [-0.1, -0.05) is 13.8 Å².